The second kappa shape index (κ2) is 2.64. The van der Waals surface area contributed by atoms with Gasteiger partial charge in [-0.25, -0.2) is 0 Å². The topological polar surface area (TPSA) is 26.0 Å². The molecule has 0 saturated heterocycles. The van der Waals surface area contributed by atoms with Crippen molar-refractivity contribution in [2.24, 2.45) is 0 Å². The summed E-state index contributed by atoms with van der Waals surface area (Å²) in [6.07, 6.45) is 2.08. The van der Waals surface area contributed by atoms with Crippen molar-refractivity contribution in [3.63, 3.8) is 0 Å². The fourth-order valence-corrected chi connectivity index (χ4v) is 1.33. The molecule has 2 nitrogen and oxygen atoms in total. The van der Waals surface area contributed by atoms with Crippen molar-refractivity contribution >= 4 is 19.4 Å². The predicted molar refractivity (Wildman–Crippen MR) is 27.9 cm³/mol. The summed E-state index contributed by atoms with van der Waals surface area (Å²) in [5, 5.41) is -0.966. The van der Waals surface area contributed by atoms with E-state index in [0.717, 1.165) is 12.5 Å². The number of halogens is 3. The van der Waals surface area contributed by atoms with E-state index in [-0.39, 0.29) is 4.46 Å². The minimum atomic E-state index is -4.11. The molecule has 0 amide bonds. The molecule has 6 heteroatoms. The molecule has 1 rings (SSSR count). The van der Waals surface area contributed by atoms with Crippen molar-refractivity contribution in [3.8, 4) is 0 Å². The first-order valence-corrected chi connectivity index (χ1v) is 3.94. The predicted octanol–water partition coefficient (Wildman–Crippen LogP) is 0.524. The second-order valence-electron chi connectivity index (χ2n) is 1.41. The van der Waals surface area contributed by atoms with Gasteiger partial charge in [-0.3, -0.25) is 0 Å². The molecule has 0 aliphatic rings. The van der Waals surface area contributed by atoms with Crippen LogP contribution < -0.4 is 4.46 Å². The van der Waals surface area contributed by atoms with Crippen molar-refractivity contribution in [2.75, 3.05) is 0 Å². The van der Waals surface area contributed by atoms with Gasteiger partial charge < -0.3 is 0 Å². The van der Waals surface area contributed by atoms with Crippen LogP contribution in [0.15, 0.2) is 17.0 Å². The number of alkyl halides is 3. The average Bonchev–Trinajstić information content (AvgIpc) is 2.12. The van der Waals surface area contributed by atoms with Gasteiger partial charge in [-0.1, -0.05) is 0 Å². The van der Waals surface area contributed by atoms with Crippen molar-refractivity contribution in [3.05, 3.63) is 12.5 Å². The standard InChI is InChI=1S/C4H2F3NOSe/c5-4(6,7)10-3-1-8-9-2-3/h1-2H. The molecule has 10 heavy (non-hydrogen) atoms. The third-order valence-electron chi connectivity index (χ3n) is 0.643. The van der Waals surface area contributed by atoms with Crippen molar-refractivity contribution in [1.29, 1.82) is 0 Å². The Morgan fingerprint density at radius 2 is 2.20 bits per heavy atom. The van der Waals surface area contributed by atoms with E-state index >= 15 is 0 Å². The van der Waals surface area contributed by atoms with Crippen molar-refractivity contribution < 1.29 is 17.7 Å². The van der Waals surface area contributed by atoms with Crippen LogP contribution in [0.25, 0.3) is 0 Å². The van der Waals surface area contributed by atoms with Gasteiger partial charge in [0, 0.05) is 0 Å². The third-order valence-corrected chi connectivity index (χ3v) is 2.05. The second-order valence-corrected chi connectivity index (χ2v) is 3.80. The Morgan fingerprint density at radius 1 is 1.50 bits per heavy atom. The fourth-order valence-electron chi connectivity index (χ4n) is 0.379. The van der Waals surface area contributed by atoms with Crippen LogP contribution in [0, 0.1) is 0 Å². The van der Waals surface area contributed by atoms with Gasteiger partial charge in [-0.2, -0.15) is 0 Å². The molecular weight excluding hydrogens is 214 g/mol. The van der Waals surface area contributed by atoms with Gasteiger partial charge in [-0.05, 0) is 0 Å². The Bertz CT molecular complexity index is 195. The molecule has 0 N–H and O–H groups in total. The first kappa shape index (κ1) is 7.62. The monoisotopic (exact) mass is 217 g/mol. The minimum absolute atomic E-state index is 0.111. The maximum atomic E-state index is 11.6. The molecule has 0 atom stereocenters. The summed E-state index contributed by atoms with van der Waals surface area (Å²) in [6, 6.07) is 0. The van der Waals surface area contributed by atoms with Crippen LogP contribution >= 0.6 is 0 Å². The molecule has 56 valence electrons. The van der Waals surface area contributed by atoms with E-state index in [1.165, 1.54) is 0 Å². The number of rotatable bonds is 1. The van der Waals surface area contributed by atoms with Crippen LogP contribution in [-0.4, -0.2) is 25.2 Å². The molecule has 0 aliphatic heterocycles. The summed E-state index contributed by atoms with van der Waals surface area (Å²) in [4.78, 5) is 0. The van der Waals surface area contributed by atoms with Crippen LogP contribution in [0.3, 0.4) is 0 Å². The number of hydrogen-bond donors (Lipinski definition) is 0. The SMILES string of the molecule is FC(F)(F)[Se]c1cnoc1. The van der Waals surface area contributed by atoms with Gasteiger partial charge >= 0.3 is 59.8 Å². The van der Waals surface area contributed by atoms with E-state index in [0.29, 0.717) is 0 Å². The molecule has 0 saturated carbocycles. The van der Waals surface area contributed by atoms with E-state index in [1.54, 1.807) is 0 Å². The Labute approximate surface area is 60.5 Å². The summed E-state index contributed by atoms with van der Waals surface area (Å²) in [5.41, 5.74) is 0. The van der Waals surface area contributed by atoms with E-state index in [1.807, 2.05) is 0 Å². The Balaban J connectivity index is 2.57. The van der Waals surface area contributed by atoms with Crippen LogP contribution in [0.4, 0.5) is 13.2 Å². The van der Waals surface area contributed by atoms with Gasteiger partial charge in [0.25, 0.3) is 0 Å². The number of nitrogens with zero attached hydrogens (tertiary/aromatic N) is 1. The zero-order valence-corrected chi connectivity index (χ0v) is 6.27. The zero-order valence-electron chi connectivity index (χ0n) is 4.55. The summed E-state index contributed by atoms with van der Waals surface area (Å²) in [7, 11) is 0. The Morgan fingerprint density at radius 3 is 2.60 bits per heavy atom. The molecule has 0 fully saturated rings. The van der Waals surface area contributed by atoms with Gasteiger partial charge in [0.2, 0.25) is 0 Å². The van der Waals surface area contributed by atoms with Gasteiger partial charge in [0.05, 0.1) is 0 Å². The van der Waals surface area contributed by atoms with E-state index < -0.39 is 20.0 Å². The summed E-state index contributed by atoms with van der Waals surface area (Å²) in [6.45, 7) is 0. The van der Waals surface area contributed by atoms with E-state index in [4.69, 9.17) is 0 Å². The molecule has 0 aliphatic carbocycles. The third kappa shape index (κ3) is 2.41. The van der Waals surface area contributed by atoms with Crippen LogP contribution in [0.2, 0.25) is 0 Å². The number of hydrogen-bond acceptors (Lipinski definition) is 2. The Hall–Kier alpha value is -0.481. The molecule has 0 unspecified atom stereocenters. The zero-order chi connectivity index (χ0) is 7.61. The molecule has 0 radical (unpaired) electrons. The first-order chi connectivity index (χ1) is 4.58. The maximum absolute atomic E-state index is 11.6. The molecule has 0 aromatic carbocycles. The number of aromatic nitrogens is 1. The first-order valence-electron chi connectivity index (χ1n) is 2.23. The summed E-state index contributed by atoms with van der Waals surface area (Å²) >= 11 is -1.52. The molecule has 1 aromatic rings. The van der Waals surface area contributed by atoms with Gasteiger partial charge in [0.1, 0.15) is 0 Å². The van der Waals surface area contributed by atoms with Gasteiger partial charge in [0.15, 0.2) is 0 Å². The van der Waals surface area contributed by atoms with Crippen LogP contribution in [0.5, 0.6) is 0 Å². The normalized spacial score (nSPS) is 11.9. The van der Waals surface area contributed by atoms with Gasteiger partial charge in [-0.15, -0.1) is 0 Å². The summed E-state index contributed by atoms with van der Waals surface area (Å²) < 4.78 is 39.1. The van der Waals surface area contributed by atoms with E-state index in [9.17, 15) is 13.2 Å². The fraction of sp³-hybridized carbons (Fsp3) is 0.250. The molecule has 1 aromatic heterocycles. The van der Waals surface area contributed by atoms with Crippen molar-refractivity contribution in [2.45, 2.75) is 5.07 Å². The quantitative estimate of drug-likeness (QED) is 0.639. The molecule has 1 heterocycles. The van der Waals surface area contributed by atoms with E-state index in [2.05, 4.69) is 9.68 Å². The summed E-state index contributed by atoms with van der Waals surface area (Å²) in [5.74, 6) is 0. The molecule has 0 bridgehead atoms. The van der Waals surface area contributed by atoms with Crippen molar-refractivity contribution in [1.82, 2.24) is 5.16 Å². The van der Waals surface area contributed by atoms with Crippen LogP contribution in [-0.2, 0) is 0 Å². The molecular formula is C4H2F3NOSe. The Kier molecular flexibility index (Phi) is 2.01. The molecule has 0 spiro atoms. The average molecular weight is 216 g/mol. The van der Waals surface area contributed by atoms with Crippen LogP contribution in [0.1, 0.15) is 0 Å².